The molecule has 7 nitrogen and oxygen atoms in total. The number of benzene rings is 1. The SMILES string of the molecule is Cn1cc(-c2ccc(NC(=O)C(NCCc3ccc(C#N)cc3)C3=CCCC(C(F)(F)F)=C3)nc2)cn1. The molecule has 0 spiro atoms. The van der Waals surface area contributed by atoms with Gasteiger partial charge in [0.25, 0.3) is 0 Å². The molecule has 2 aromatic heterocycles. The summed E-state index contributed by atoms with van der Waals surface area (Å²) in [6.07, 6.45) is 4.00. The number of aryl methyl sites for hydroxylation is 1. The average Bonchev–Trinajstić information content (AvgIpc) is 3.33. The van der Waals surface area contributed by atoms with E-state index in [2.05, 4.69) is 26.8 Å². The highest BCUT2D eigenvalue weighted by Gasteiger charge is 2.35. The second-order valence-electron chi connectivity index (χ2n) is 8.68. The molecule has 1 unspecified atom stereocenters. The highest BCUT2D eigenvalue weighted by molar-refractivity contribution is 5.97. The minimum atomic E-state index is -4.45. The standard InChI is InChI=1S/C27H25F3N6O/c1-36-17-22(16-34-36)21-9-10-24(33-15-21)35-26(37)25(20-3-2-4-23(13-20)27(28,29)30)32-12-11-18-5-7-19(14-31)8-6-18/h3,5-10,13,15-17,25,32H,2,4,11-12H2,1H3,(H,33,35,37). The van der Waals surface area contributed by atoms with Crippen LogP contribution in [0.1, 0.15) is 24.0 Å². The smallest absolute Gasteiger partial charge is 0.309 e. The van der Waals surface area contributed by atoms with E-state index < -0.39 is 23.7 Å². The number of carbonyl (C=O) groups excluding carboxylic acids is 1. The number of alkyl halides is 3. The van der Waals surface area contributed by atoms with Crippen LogP contribution < -0.4 is 10.6 Å². The minimum Gasteiger partial charge on any atom is -0.309 e. The summed E-state index contributed by atoms with van der Waals surface area (Å²) in [5, 5.41) is 18.9. The van der Waals surface area contributed by atoms with Gasteiger partial charge in [-0.05, 0) is 60.7 Å². The number of allylic oxidation sites excluding steroid dienone is 2. The summed E-state index contributed by atoms with van der Waals surface area (Å²) in [6.45, 7) is 0.337. The van der Waals surface area contributed by atoms with Crippen molar-refractivity contribution in [2.75, 3.05) is 11.9 Å². The Bertz CT molecular complexity index is 1350. The van der Waals surface area contributed by atoms with Gasteiger partial charge in [-0.2, -0.15) is 23.5 Å². The summed E-state index contributed by atoms with van der Waals surface area (Å²) in [6, 6.07) is 11.5. The van der Waals surface area contributed by atoms with Crippen LogP contribution in [0.4, 0.5) is 19.0 Å². The molecule has 10 heteroatoms. The molecule has 37 heavy (non-hydrogen) atoms. The number of halogens is 3. The number of nitrogens with zero attached hydrogens (tertiary/aromatic N) is 4. The van der Waals surface area contributed by atoms with Gasteiger partial charge >= 0.3 is 6.18 Å². The first-order valence-corrected chi connectivity index (χ1v) is 11.7. The van der Waals surface area contributed by atoms with E-state index >= 15 is 0 Å². The molecule has 2 heterocycles. The molecule has 2 N–H and O–H groups in total. The number of anilines is 1. The Morgan fingerprint density at radius 1 is 1.16 bits per heavy atom. The first kappa shape index (κ1) is 25.9. The van der Waals surface area contributed by atoms with Crippen molar-refractivity contribution in [2.24, 2.45) is 7.05 Å². The fraction of sp³-hybridized carbons (Fsp3) is 0.259. The maximum absolute atomic E-state index is 13.4. The lowest BCUT2D eigenvalue weighted by Gasteiger charge is -2.24. The van der Waals surface area contributed by atoms with Crippen LogP contribution in [-0.2, 0) is 18.3 Å². The maximum Gasteiger partial charge on any atom is 0.412 e. The van der Waals surface area contributed by atoms with Crippen LogP contribution >= 0.6 is 0 Å². The number of hydrogen-bond donors (Lipinski definition) is 2. The second kappa shape index (κ2) is 11.2. The van der Waals surface area contributed by atoms with Crippen LogP contribution in [0.3, 0.4) is 0 Å². The Morgan fingerprint density at radius 3 is 2.57 bits per heavy atom. The molecule has 0 saturated carbocycles. The van der Waals surface area contributed by atoms with Gasteiger partial charge in [0, 0.05) is 42.7 Å². The molecular weight excluding hydrogens is 481 g/mol. The number of carbonyl (C=O) groups is 1. The summed E-state index contributed by atoms with van der Waals surface area (Å²) < 4.78 is 41.8. The van der Waals surface area contributed by atoms with Crippen molar-refractivity contribution in [1.82, 2.24) is 20.1 Å². The van der Waals surface area contributed by atoms with Gasteiger partial charge in [0.15, 0.2) is 0 Å². The Morgan fingerprint density at radius 2 is 1.95 bits per heavy atom. The molecule has 4 rings (SSSR count). The maximum atomic E-state index is 13.4. The fourth-order valence-corrected chi connectivity index (χ4v) is 4.03. The van der Waals surface area contributed by atoms with Gasteiger partial charge in [0.2, 0.25) is 5.91 Å². The Labute approximate surface area is 212 Å². The molecule has 1 atom stereocenters. The van der Waals surface area contributed by atoms with Gasteiger partial charge < -0.3 is 10.6 Å². The molecular formula is C27H25F3N6O. The minimum absolute atomic E-state index is 0.121. The van der Waals surface area contributed by atoms with E-state index in [1.54, 1.807) is 54.5 Å². The normalized spacial score (nSPS) is 14.4. The van der Waals surface area contributed by atoms with E-state index in [0.717, 1.165) is 22.8 Å². The van der Waals surface area contributed by atoms with Crippen molar-refractivity contribution in [3.05, 3.63) is 89.4 Å². The topological polar surface area (TPSA) is 95.6 Å². The molecule has 1 amide bonds. The van der Waals surface area contributed by atoms with Crippen molar-refractivity contribution in [3.63, 3.8) is 0 Å². The van der Waals surface area contributed by atoms with Crippen LogP contribution in [0.2, 0.25) is 0 Å². The lowest BCUT2D eigenvalue weighted by atomic mass is 9.93. The first-order chi connectivity index (χ1) is 17.7. The molecule has 0 aliphatic heterocycles. The summed E-state index contributed by atoms with van der Waals surface area (Å²) in [7, 11) is 1.80. The van der Waals surface area contributed by atoms with E-state index in [1.165, 1.54) is 0 Å². The van der Waals surface area contributed by atoms with Crippen LogP contribution in [0.15, 0.2) is 78.3 Å². The zero-order chi connectivity index (χ0) is 26.4. The predicted octanol–water partition coefficient (Wildman–Crippen LogP) is 4.70. The van der Waals surface area contributed by atoms with Gasteiger partial charge in [-0.1, -0.05) is 18.2 Å². The van der Waals surface area contributed by atoms with E-state index in [1.807, 2.05) is 18.3 Å². The predicted molar refractivity (Wildman–Crippen MR) is 133 cm³/mol. The quantitative estimate of drug-likeness (QED) is 0.462. The summed E-state index contributed by atoms with van der Waals surface area (Å²) >= 11 is 0. The summed E-state index contributed by atoms with van der Waals surface area (Å²) in [5.41, 5.74) is 2.76. The number of nitriles is 1. The molecule has 0 fully saturated rings. The van der Waals surface area contributed by atoms with E-state index in [4.69, 9.17) is 5.26 Å². The molecule has 0 radical (unpaired) electrons. The third kappa shape index (κ3) is 6.71. The number of rotatable bonds is 8. The van der Waals surface area contributed by atoms with E-state index in [0.29, 0.717) is 18.5 Å². The fourth-order valence-electron chi connectivity index (χ4n) is 4.03. The summed E-state index contributed by atoms with van der Waals surface area (Å²) in [4.78, 5) is 17.5. The monoisotopic (exact) mass is 506 g/mol. The average molecular weight is 507 g/mol. The molecule has 190 valence electrons. The van der Waals surface area contributed by atoms with Gasteiger partial charge in [0.05, 0.1) is 17.8 Å². The van der Waals surface area contributed by atoms with E-state index in [-0.39, 0.29) is 24.2 Å². The second-order valence-corrected chi connectivity index (χ2v) is 8.68. The Kier molecular flexibility index (Phi) is 7.84. The van der Waals surface area contributed by atoms with Gasteiger partial charge in [0.1, 0.15) is 11.9 Å². The highest BCUT2D eigenvalue weighted by Crippen LogP contribution is 2.33. The van der Waals surface area contributed by atoms with Crippen molar-refractivity contribution in [1.29, 1.82) is 5.26 Å². The van der Waals surface area contributed by atoms with Gasteiger partial charge in [-0.25, -0.2) is 4.98 Å². The molecule has 0 bridgehead atoms. The van der Waals surface area contributed by atoms with Gasteiger partial charge in [-0.15, -0.1) is 0 Å². The Balaban J connectivity index is 1.49. The Hall–Kier alpha value is -4.23. The highest BCUT2D eigenvalue weighted by atomic mass is 19.4. The third-order valence-electron chi connectivity index (χ3n) is 5.99. The van der Waals surface area contributed by atoms with E-state index in [9.17, 15) is 18.0 Å². The molecule has 0 saturated heterocycles. The van der Waals surface area contributed by atoms with Crippen LogP contribution in [0.5, 0.6) is 0 Å². The zero-order valence-electron chi connectivity index (χ0n) is 20.1. The summed E-state index contributed by atoms with van der Waals surface area (Å²) in [5.74, 6) is -0.222. The molecule has 1 aromatic carbocycles. The number of nitrogens with one attached hydrogen (secondary N) is 2. The number of hydrogen-bond acceptors (Lipinski definition) is 5. The molecule has 1 aliphatic rings. The van der Waals surface area contributed by atoms with Crippen molar-refractivity contribution < 1.29 is 18.0 Å². The largest absolute Gasteiger partial charge is 0.412 e. The lowest BCUT2D eigenvalue weighted by molar-refractivity contribution is -0.117. The zero-order valence-corrected chi connectivity index (χ0v) is 20.1. The third-order valence-corrected chi connectivity index (χ3v) is 5.99. The number of pyridine rings is 1. The molecule has 1 aliphatic carbocycles. The van der Waals surface area contributed by atoms with Crippen molar-refractivity contribution >= 4 is 11.7 Å². The van der Waals surface area contributed by atoms with Crippen molar-refractivity contribution in [3.8, 4) is 17.2 Å². The van der Waals surface area contributed by atoms with Crippen LogP contribution in [0.25, 0.3) is 11.1 Å². The van der Waals surface area contributed by atoms with Gasteiger partial charge in [-0.3, -0.25) is 9.48 Å². The number of aromatic nitrogens is 3. The van der Waals surface area contributed by atoms with Crippen LogP contribution in [0, 0.1) is 11.3 Å². The molecule has 3 aromatic rings. The lowest BCUT2D eigenvalue weighted by Crippen LogP contribution is -2.43. The van der Waals surface area contributed by atoms with Crippen LogP contribution in [-0.4, -0.2) is 39.4 Å². The first-order valence-electron chi connectivity index (χ1n) is 11.7. The van der Waals surface area contributed by atoms with Crippen molar-refractivity contribution in [2.45, 2.75) is 31.5 Å². The number of amides is 1.